The van der Waals surface area contributed by atoms with Crippen LogP contribution in [0.4, 0.5) is 5.69 Å². The summed E-state index contributed by atoms with van der Waals surface area (Å²) in [5.41, 5.74) is 1.64. The van der Waals surface area contributed by atoms with Gasteiger partial charge in [0.25, 0.3) is 5.91 Å². The average Bonchev–Trinajstić information content (AvgIpc) is 3.08. The van der Waals surface area contributed by atoms with Gasteiger partial charge in [-0.2, -0.15) is 0 Å². The van der Waals surface area contributed by atoms with Gasteiger partial charge in [-0.1, -0.05) is 17.7 Å². The average molecular weight is 358 g/mol. The SMILES string of the molecule is O=C1COc2ccc(C(=O)/C=C/c3cc(Cl)c4c(c3)OCO4)cc2N1. The first kappa shape index (κ1) is 15.5. The molecule has 2 aliphatic rings. The third-order valence-electron chi connectivity index (χ3n) is 3.77. The van der Waals surface area contributed by atoms with Crippen molar-refractivity contribution in [3.8, 4) is 17.2 Å². The predicted octanol–water partition coefficient (Wildman–Crippen LogP) is 3.30. The second-order valence-electron chi connectivity index (χ2n) is 5.48. The molecule has 2 aromatic carbocycles. The number of hydrogen-bond acceptors (Lipinski definition) is 5. The first-order valence-corrected chi connectivity index (χ1v) is 7.86. The van der Waals surface area contributed by atoms with E-state index in [2.05, 4.69) is 5.32 Å². The Morgan fingerprint density at radius 2 is 2.00 bits per heavy atom. The Balaban J connectivity index is 1.56. The fraction of sp³-hybridized carbons (Fsp3) is 0.111. The van der Waals surface area contributed by atoms with Crippen molar-refractivity contribution in [3.05, 3.63) is 52.6 Å². The van der Waals surface area contributed by atoms with Crippen LogP contribution >= 0.6 is 11.6 Å². The lowest BCUT2D eigenvalue weighted by molar-refractivity contribution is -0.118. The molecule has 0 aliphatic carbocycles. The van der Waals surface area contributed by atoms with Crippen LogP contribution in [-0.4, -0.2) is 25.1 Å². The molecule has 2 aliphatic heterocycles. The number of amides is 1. The van der Waals surface area contributed by atoms with Gasteiger partial charge in [0.05, 0.1) is 10.7 Å². The molecular formula is C18H12ClNO5. The van der Waals surface area contributed by atoms with Gasteiger partial charge in [0.15, 0.2) is 23.9 Å². The van der Waals surface area contributed by atoms with Gasteiger partial charge in [0, 0.05) is 5.56 Å². The van der Waals surface area contributed by atoms with E-state index < -0.39 is 0 Å². The van der Waals surface area contributed by atoms with E-state index in [0.717, 1.165) is 5.56 Å². The van der Waals surface area contributed by atoms with Crippen molar-refractivity contribution in [1.29, 1.82) is 0 Å². The van der Waals surface area contributed by atoms with Crippen molar-refractivity contribution in [3.63, 3.8) is 0 Å². The highest BCUT2D eigenvalue weighted by molar-refractivity contribution is 6.32. The lowest BCUT2D eigenvalue weighted by atomic mass is 10.1. The van der Waals surface area contributed by atoms with E-state index in [4.69, 9.17) is 25.8 Å². The molecule has 6 nitrogen and oxygen atoms in total. The summed E-state index contributed by atoms with van der Waals surface area (Å²) in [5, 5.41) is 3.10. The highest BCUT2D eigenvalue weighted by atomic mass is 35.5. The lowest BCUT2D eigenvalue weighted by Crippen LogP contribution is -2.25. The zero-order chi connectivity index (χ0) is 17.4. The van der Waals surface area contributed by atoms with Gasteiger partial charge in [-0.25, -0.2) is 0 Å². The zero-order valence-corrected chi connectivity index (χ0v) is 13.6. The summed E-state index contributed by atoms with van der Waals surface area (Å²) < 4.78 is 15.8. The number of nitrogens with one attached hydrogen (secondary N) is 1. The summed E-state index contributed by atoms with van der Waals surface area (Å²) in [6, 6.07) is 8.34. The second-order valence-corrected chi connectivity index (χ2v) is 5.89. The van der Waals surface area contributed by atoms with E-state index in [1.54, 1.807) is 36.4 Å². The van der Waals surface area contributed by atoms with Gasteiger partial charge in [-0.15, -0.1) is 0 Å². The molecule has 0 radical (unpaired) electrons. The van der Waals surface area contributed by atoms with Crippen LogP contribution in [0.5, 0.6) is 17.2 Å². The summed E-state index contributed by atoms with van der Waals surface area (Å²) in [5.74, 6) is 1.14. The van der Waals surface area contributed by atoms with E-state index in [1.165, 1.54) is 6.08 Å². The number of benzene rings is 2. The van der Waals surface area contributed by atoms with Crippen LogP contribution < -0.4 is 19.5 Å². The molecule has 0 bridgehead atoms. The number of anilines is 1. The highest BCUT2D eigenvalue weighted by Gasteiger charge is 2.19. The Bertz CT molecular complexity index is 922. The topological polar surface area (TPSA) is 73.9 Å². The summed E-state index contributed by atoms with van der Waals surface area (Å²) in [4.78, 5) is 23.7. The Morgan fingerprint density at radius 3 is 2.88 bits per heavy atom. The van der Waals surface area contributed by atoms with Crippen LogP contribution in [0, 0.1) is 0 Å². The molecule has 126 valence electrons. The first-order chi connectivity index (χ1) is 12.1. The van der Waals surface area contributed by atoms with Gasteiger partial charge in [-0.05, 0) is 42.0 Å². The largest absolute Gasteiger partial charge is 0.482 e. The van der Waals surface area contributed by atoms with Crippen molar-refractivity contribution in [2.24, 2.45) is 0 Å². The van der Waals surface area contributed by atoms with Crippen LogP contribution in [0.25, 0.3) is 6.08 Å². The summed E-state index contributed by atoms with van der Waals surface area (Å²) in [6.45, 7) is 0.106. The van der Waals surface area contributed by atoms with Gasteiger partial charge in [0.1, 0.15) is 5.75 Å². The number of halogens is 1. The van der Waals surface area contributed by atoms with Crippen LogP contribution in [0.2, 0.25) is 5.02 Å². The Hall–Kier alpha value is -2.99. The van der Waals surface area contributed by atoms with Gasteiger partial charge < -0.3 is 19.5 Å². The second kappa shape index (κ2) is 6.14. The van der Waals surface area contributed by atoms with Gasteiger partial charge >= 0.3 is 0 Å². The molecule has 0 spiro atoms. The minimum atomic E-state index is -0.248. The van der Waals surface area contributed by atoms with Gasteiger partial charge in [0.2, 0.25) is 6.79 Å². The normalized spacial score (nSPS) is 14.8. The number of hydrogen-bond donors (Lipinski definition) is 1. The first-order valence-electron chi connectivity index (χ1n) is 7.48. The number of ketones is 1. The van der Waals surface area contributed by atoms with E-state index >= 15 is 0 Å². The van der Waals surface area contributed by atoms with Crippen LogP contribution in [-0.2, 0) is 4.79 Å². The molecule has 2 aromatic rings. The molecule has 0 aromatic heterocycles. The van der Waals surface area contributed by atoms with Crippen molar-refractivity contribution in [1.82, 2.24) is 0 Å². The summed E-state index contributed by atoms with van der Waals surface area (Å²) >= 11 is 6.12. The Kier molecular flexibility index (Phi) is 3.82. The molecule has 1 amide bonds. The van der Waals surface area contributed by atoms with E-state index in [9.17, 15) is 9.59 Å². The summed E-state index contributed by atoms with van der Waals surface area (Å²) in [6.07, 6.45) is 3.08. The molecule has 1 N–H and O–H groups in total. The van der Waals surface area contributed by atoms with Crippen LogP contribution in [0.15, 0.2) is 36.4 Å². The van der Waals surface area contributed by atoms with Crippen molar-refractivity contribution >= 4 is 35.1 Å². The molecular weight excluding hydrogens is 346 g/mol. The van der Waals surface area contributed by atoms with E-state index in [1.807, 2.05) is 0 Å². The maximum atomic E-state index is 12.4. The molecule has 7 heteroatoms. The molecule has 2 heterocycles. The zero-order valence-electron chi connectivity index (χ0n) is 12.9. The third-order valence-corrected chi connectivity index (χ3v) is 4.05. The van der Waals surface area contributed by atoms with Crippen LogP contribution in [0.3, 0.4) is 0 Å². The number of rotatable bonds is 3. The van der Waals surface area contributed by atoms with E-state index in [-0.39, 0.29) is 25.1 Å². The van der Waals surface area contributed by atoms with Crippen LogP contribution in [0.1, 0.15) is 15.9 Å². The number of allylic oxidation sites excluding steroid dienone is 1. The standard InChI is InChI=1S/C18H12ClNO5/c19-12-5-10(6-16-18(12)25-9-24-16)1-3-14(21)11-2-4-15-13(7-11)20-17(22)8-23-15/h1-7H,8-9H2,(H,20,22)/b3-1+. The maximum absolute atomic E-state index is 12.4. The fourth-order valence-corrected chi connectivity index (χ4v) is 2.86. The minimum absolute atomic E-state index is 0.0227. The highest BCUT2D eigenvalue weighted by Crippen LogP contribution is 2.40. The molecule has 0 unspecified atom stereocenters. The molecule has 25 heavy (non-hydrogen) atoms. The molecule has 0 saturated heterocycles. The molecule has 0 fully saturated rings. The van der Waals surface area contributed by atoms with Crippen molar-refractivity contribution in [2.75, 3.05) is 18.7 Å². The summed E-state index contributed by atoms with van der Waals surface area (Å²) in [7, 11) is 0. The number of fused-ring (bicyclic) bond motifs is 2. The minimum Gasteiger partial charge on any atom is -0.482 e. The number of carbonyl (C=O) groups is 2. The van der Waals surface area contributed by atoms with Gasteiger partial charge in [-0.3, -0.25) is 9.59 Å². The monoisotopic (exact) mass is 357 g/mol. The predicted molar refractivity (Wildman–Crippen MR) is 91.5 cm³/mol. The quantitative estimate of drug-likeness (QED) is 0.674. The maximum Gasteiger partial charge on any atom is 0.262 e. The fourth-order valence-electron chi connectivity index (χ4n) is 2.59. The molecule has 4 rings (SSSR count). The number of ether oxygens (including phenoxy) is 3. The third kappa shape index (κ3) is 3.04. The van der Waals surface area contributed by atoms with Crippen molar-refractivity contribution < 1.29 is 23.8 Å². The van der Waals surface area contributed by atoms with E-state index in [0.29, 0.717) is 33.5 Å². The number of carbonyl (C=O) groups excluding carboxylic acids is 2. The molecule has 0 atom stereocenters. The smallest absolute Gasteiger partial charge is 0.262 e. The van der Waals surface area contributed by atoms with Crippen molar-refractivity contribution in [2.45, 2.75) is 0 Å². The Labute approximate surface area is 147 Å². The lowest BCUT2D eigenvalue weighted by Gasteiger charge is -2.17. The Morgan fingerprint density at radius 1 is 1.12 bits per heavy atom. The molecule has 0 saturated carbocycles.